The molecule has 2 aliphatic rings. The van der Waals surface area contributed by atoms with Crippen LogP contribution < -0.4 is 10.0 Å². The molecule has 0 unspecified atom stereocenters. The van der Waals surface area contributed by atoms with Gasteiger partial charge in [-0.3, -0.25) is 4.90 Å². The lowest BCUT2D eigenvalue weighted by molar-refractivity contribution is -0.158. The van der Waals surface area contributed by atoms with E-state index in [1.165, 1.54) is 6.92 Å². The number of nitrogens with one attached hydrogen (secondary N) is 2. The topological polar surface area (TPSA) is 164 Å². The van der Waals surface area contributed by atoms with Gasteiger partial charge < -0.3 is 30.1 Å². The number of ether oxygens (including phenoxy) is 2. The number of anilines is 1. The molecular weight excluding hydrogens is 464 g/mol. The van der Waals surface area contributed by atoms with Gasteiger partial charge in [-0.2, -0.15) is 5.26 Å². The van der Waals surface area contributed by atoms with E-state index in [-0.39, 0.29) is 12.2 Å². The van der Waals surface area contributed by atoms with Gasteiger partial charge in [0.15, 0.2) is 4.91 Å². The highest BCUT2D eigenvalue weighted by molar-refractivity contribution is 7.93. The number of allylic oxidation sites excluding steroid dienone is 2. The van der Waals surface area contributed by atoms with Crippen molar-refractivity contribution in [1.29, 1.82) is 5.26 Å². The highest BCUT2D eigenvalue weighted by Gasteiger charge is 2.40. The molecule has 11 nitrogen and oxygen atoms in total. The molecule has 0 aliphatic carbocycles. The van der Waals surface area contributed by atoms with Crippen molar-refractivity contribution in [3.05, 3.63) is 34.7 Å². The summed E-state index contributed by atoms with van der Waals surface area (Å²) in [5.41, 5.74) is 1.68. The third-order valence-electron chi connectivity index (χ3n) is 6.01. The van der Waals surface area contributed by atoms with Gasteiger partial charge in [0.25, 0.3) is 10.0 Å². The number of hydrogen-bond donors (Lipinski definition) is 5. The second kappa shape index (κ2) is 12.1. The van der Waals surface area contributed by atoms with Crippen molar-refractivity contribution >= 4 is 21.3 Å². The average molecular weight is 497 g/mol. The van der Waals surface area contributed by atoms with E-state index >= 15 is 0 Å². The Kier molecular flexibility index (Phi) is 9.40. The van der Waals surface area contributed by atoms with Crippen molar-refractivity contribution in [2.45, 2.75) is 31.3 Å². The molecule has 2 aliphatic heterocycles. The Labute approximate surface area is 199 Å². The number of benzene rings is 1. The predicted molar refractivity (Wildman–Crippen MR) is 125 cm³/mol. The fourth-order valence-electron chi connectivity index (χ4n) is 3.90. The molecule has 0 spiro atoms. The second-order valence-corrected chi connectivity index (χ2v) is 9.94. The molecule has 0 aromatic heterocycles. The van der Waals surface area contributed by atoms with E-state index in [2.05, 4.69) is 14.9 Å². The number of rotatable bonds is 9. The number of sulfonamides is 1. The molecular formula is C22H32N4O7S. The molecule has 12 heteroatoms. The minimum absolute atomic E-state index is 0.245. The fraction of sp³-hybridized carbons (Fsp3) is 0.591. The first-order valence-corrected chi connectivity index (χ1v) is 12.6. The lowest BCUT2D eigenvalue weighted by Crippen LogP contribution is -2.59. The summed E-state index contributed by atoms with van der Waals surface area (Å²) in [6.07, 6.45) is -3.97. The Hall–Kier alpha value is -2.08. The Morgan fingerprint density at radius 1 is 1.21 bits per heavy atom. The molecule has 5 N–H and O–H groups in total. The molecule has 188 valence electrons. The van der Waals surface area contributed by atoms with Crippen LogP contribution in [0.5, 0.6) is 0 Å². The predicted octanol–water partition coefficient (Wildman–Crippen LogP) is -0.914. The van der Waals surface area contributed by atoms with Crippen LogP contribution in [-0.2, 0) is 19.5 Å². The van der Waals surface area contributed by atoms with Crippen LogP contribution in [0.2, 0.25) is 0 Å². The quantitative estimate of drug-likeness (QED) is 0.270. The lowest BCUT2D eigenvalue weighted by atomic mass is 9.99. The molecule has 2 heterocycles. The van der Waals surface area contributed by atoms with Gasteiger partial charge in [-0.15, -0.1) is 0 Å². The van der Waals surface area contributed by atoms with E-state index in [1.807, 2.05) is 12.1 Å². The number of nitrogens with zero attached hydrogens (tertiary/aromatic N) is 2. The van der Waals surface area contributed by atoms with Gasteiger partial charge in [-0.25, -0.2) is 13.1 Å². The normalized spacial score (nSPS) is 27.0. The largest absolute Gasteiger partial charge is 0.394 e. The third-order valence-corrected chi connectivity index (χ3v) is 7.56. The molecule has 1 aromatic carbocycles. The summed E-state index contributed by atoms with van der Waals surface area (Å²) in [5.74, 6) is 0. The minimum atomic E-state index is -4.31. The number of aliphatic hydroxyl groups is 3. The van der Waals surface area contributed by atoms with Crippen molar-refractivity contribution in [3.63, 3.8) is 0 Å². The molecule has 2 fully saturated rings. The first-order chi connectivity index (χ1) is 16.3. The van der Waals surface area contributed by atoms with Crippen molar-refractivity contribution in [2.24, 2.45) is 0 Å². The van der Waals surface area contributed by atoms with E-state index in [0.29, 0.717) is 5.56 Å². The zero-order valence-corrected chi connectivity index (χ0v) is 19.9. The van der Waals surface area contributed by atoms with E-state index in [4.69, 9.17) is 14.6 Å². The van der Waals surface area contributed by atoms with Crippen LogP contribution >= 0.6 is 0 Å². The van der Waals surface area contributed by atoms with Crippen molar-refractivity contribution in [2.75, 3.05) is 57.9 Å². The van der Waals surface area contributed by atoms with Gasteiger partial charge in [0.1, 0.15) is 24.4 Å². The molecule has 0 bridgehead atoms. The first-order valence-electron chi connectivity index (χ1n) is 11.1. The van der Waals surface area contributed by atoms with Gasteiger partial charge >= 0.3 is 0 Å². The first kappa shape index (κ1) is 26.5. The zero-order chi connectivity index (χ0) is 24.7. The van der Waals surface area contributed by atoms with Crippen LogP contribution in [0.4, 0.5) is 5.69 Å². The van der Waals surface area contributed by atoms with Gasteiger partial charge in [-0.05, 0) is 30.2 Å². The van der Waals surface area contributed by atoms with Gasteiger partial charge in [0.05, 0.1) is 32.5 Å². The SMILES string of the molecule is C/C(=C(/C#N)S(=O)(=O)N[C@H]1CO[C@H](CO)[C@@H](O)[C@@H]1O)c1ccc(NCCN2CCOCC2)cc1. The summed E-state index contributed by atoms with van der Waals surface area (Å²) < 4.78 is 38.6. The van der Waals surface area contributed by atoms with Gasteiger partial charge in [-0.1, -0.05) is 12.1 Å². The third kappa shape index (κ3) is 6.53. The standard InChI is InChI=1S/C22H32N4O7S/c1-15(16-2-4-17(5-3-16)24-6-7-26-8-10-32-11-9-26)20(12-23)34(30,31)25-18-14-33-19(13-27)22(29)21(18)28/h2-5,18-19,21-22,24-25,27-29H,6-11,13-14H2,1H3/b20-15+/t18-,19+,21+,22+/m0/s1. The Bertz CT molecular complexity index is 988. The molecule has 3 rings (SSSR count). The molecule has 1 aromatic rings. The van der Waals surface area contributed by atoms with Gasteiger partial charge in [0.2, 0.25) is 0 Å². The summed E-state index contributed by atoms with van der Waals surface area (Å²) in [6, 6.07) is 7.66. The number of morpholine rings is 1. The van der Waals surface area contributed by atoms with Gasteiger partial charge in [0, 0.05) is 31.9 Å². The summed E-state index contributed by atoms with van der Waals surface area (Å²) >= 11 is 0. The Morgan fingerprint density at radius 2 is 1.88 bits per heavy atom. The highest BCUT2D eigenvalue weighted by atomic mass is 32.2. The maximum absolute atomic E-state index is 12.9. The van der Waals surface area contributed by atoms with Crippen LogP contribution in [0.3, 0.4) is 0 Å². The molecule has 34 heavy (non-hydrogen) atoms. The smallest absolute Gasteiger partial charge is 0.251 e. The maximum Gasteiger partial charge on any atom is 0.251 e. The summed E-state index contributed by atoms with van der Waals surface area (Å²) in [7, 11) is -4.31. The minimum Gasteiger partial charge on any atom is -0.394 e. The fourth-order valence-corrected chi connectivity index (χ4v) is 5.27. The number of aliphatic hydroxyl groups excluding tert-OH is 3. The number of nitriles is 1. The molecule has 0 radical (unpaired) electrons. The molecule has 2 saturated heterocycles. The van der Waals surface area contributed by atoms with E-state index in [1.54, 1.807) is 18.2 Å². The van der Waals surface area contributed by atoms with E-state index in [0.717, 1.165) is 45.1 Å². The van der Waals surface area contributed by atoms with Crippen molar-refractivity contribution < 1.29 is 33.2 Å². The van der Waals surface area contributed by atoms with Crippen LogP contribution in [0.25, 0.3) is 5.57 Å². The van der Waals surface area contributed by atoms with Crippen molar-refractivity contribution in [3.8, 4) is 6.07 Å². The summed E-state index contributed by atoms with van der Waals surface area (Å²) in [5, 5.41) is 42.3. The van der Waals surface area contributed by atoms with Crippen LogP contribution in [0, 0.1) is 11.3 Å². The van der Waals surface area contributed by atoms with Crippen LogP contribution in [0.1, 0.15) is 12.5 Å². The molecule has 0 amide bonds. The number of hydrogen-bond acceptors (Lipinski definition) is 10. The zero-order valence-electron chi connectivity index (χ0n) is 19.1. The average Bonchev–Trinajstić information content (AvgIpc) is 2.83. The molecule has 4 atom stereocenters. The Morgan fingerprint density at radius 3 is 2.50 bits per heavy atom. The van der Waals surface area contributed by atoms with Crippen LogP contribution in [-0.4, -0.2) is 106 Å². The molecule has 0 saturated carbocycles. The van der Waals surface area contributed by atoms with E-state index < -0.39 is 45.9 Å². The van der Waals surface area contributed by atoms with Crippen molar-refractivity contribution in [1.82, 2.24) is 9.62 Å². The maximum atomic E-state index is 12.9. The lowest BCUT2D eigenvalue weighted by Gasteiger charge is -2.36. The monoisotopic (exact) mass is 496 g/mol. The van der Waals surface area contributed by atoms with Crippen LogP contribution in [0.15, 0.2) is 29.2 Å². The second-order valence-electron chi connectivity index (χ2n) is 8.29. The van der Waals surface area contributed by atoms with E-state index in [9.17, 15) is 23.9 Å². The Balaban J connectivity index is 1.65. The highest BCUT2D eigenvalue weighted by Crippen LogP contribution is 2.24. The summed E-state index contributed by atoms with van der Waals surface area (Å²) in [6.45, 7) is 5.71. The summed E-state index contributed by atoms with van der Waals surface area (Å²) in [4.78, 5) is 1.82.